The highest BCUT2D eigenvalue weighted by Gasteiger charge is 2.52. The molecule has 0 aromatic carbocycles. The Bertz CT molecular complexity index is 376. The van der Waals surface area contributed by atoms with Gasteiger partial charge in [0.15, 0.2) is 0 Å². The first-order valence-corrected chi connectivity index (χ1v) is 6.81. The Morgan fingerprint density at radius 1 is 1.39 bits per heavy atom. The Morgan fingerprint density at radius 3 is 2.50 bits per heavy atom. The summed E-state index contributed by atoms with van der Waals surface area (Å²) in [6.07, 6.45) is 4.68. The first-order valence-electron chi connectivity index (χ1n) is 6.81. The Hall–Kier alpha value is -1.24. The second kappa shape index (κ2) is 4.46. The van der Waals surface area contributed by atoms with Crippen molar-refractivity contribution in [3.63, 3.8) is 0 Å². The Kier molecular flexibility index (Phi) is 3.27. The van der Waals surface area contributed by atoms with Crippen molar-refractivity contribution in [1.29, 1.82) is 5.26 Å². The number of carbonyl (C=O) groups excluding carboxylic acids is 1. The number of likely N-dealkylation sites (tertiary alicyclic amines) is 1. The predicted molar refractivity (Wildman–Crippen MR) is 67.9 cm³/mol. The van der Waals surface area contributed by atoms with Crippen LogP contribution in [0.25, 0.3) is 0 Å². The van der Waals surface area contributed by atoms with Gasteiger partial charge in [0.2, 0.25) is 0 Å². The normalized spacial score (nSPS) is 28.7. The molecule has 4 heteroatoms. The first kappa shape index (κ1) is 13.2. The van der Waals surface area contributed by atoms with Gasteiger partial charge in [0, 0.05) is 6.54 Å². The molecule has 0 N–H and O–H groups in total. The van der Waals surface area contributed by atoms with E-state index in [-0.39, 0.29) is 6.09 Å². The van der Waals surface area contributed by atoms with Crippen LogP contribution in [0.3, 0.4) is 0 Å². The lowest BCUT2D eigenvalue weighted by molar-refractivity contribution is -0.000948. The van der Waals surface area contributed by atoms with E-state index in [0.717, 1.165) is 25.7 Å². The number of rotatable bonds is 1. The molecule has 1 unspecified atom stereocenters. The third-order valence-electron chi connectivity index (χ3n) is 4.01. The van der Waals surface area contributed by atoms with Crippen molar-refractivity contribution >= 4 is 6.09 Å². The van der Waals surface area contributed by atoms with Gasteiger partial charge in [0.25, 0.3) is 0 Å². The van der Waals surface area contributed by atoms with Crippen molar-refractivity contribution < 1.29 is 9.53 Å². The van der Waals surface area contributed by atoms with E-state index >= 15 is 0 Å². The molecule has 1 amide bonds. The molecule has 1 saturated carbocycles. The molecular weight excluding hydrogens is 228 g/mol. The molecular formula is C14H22N2O2. The maximum atomic E-state index is 12.2. The lowest BCUT2D eigenvalue weighted by Crippen LogP contribution is -2.54. The summed E-state index contributed by atoms with van der Waals surface area (Å²) in [5.41, 5.74) is -1.10. The molecule has 4 nitrogen and oxygen atoms in total. The summed E-state index contributed by atoms with van der Waals surface area (Å²) in [6, 6.07) is 2.42. The summed E-state index contributed by atoms with van der Waals surface area (Å²) in [5.74, 6) is 0.345. The topological polar surface area (TPSA) is 53.3 Å². The molecule has 1 saturated heterocycles. The van der Waals surface area contributed by atoms with Crippen LogP contribution >= 0.6 is 0 Å². The summed E-state index contributed by atoms with van der Waals surface area (Å²) >= 11 is 0. The first-order chi connectivity index (χ1) is 8.39. The summed E-state index contributed by atoms with van der Waals surface area (Å²) in [5, 5.41) is 9.57. The SMILES string of the molecule is CC(C)(C)OC(=O)N1CCCC1(C#N)C1CCC1. The van der Waals surface area contributed by atoms with Gasteiger partial charge >= 0.3 is 6.09 Å². The Balaban J connectivity index is 2.16. The fourth-order valence-corrected chi connectivity index (χ4v) is 2.93. The van der Waals surface area contributed by atoms with Crippen LogP contribution < -0.4 is 0 Å². The Labute approximate surface area is 109 Å². The maximum absolute atomic E-state index is 12.2. The van der Waals surface area contributed by atoms with Gasteiger partial charge in [0.1, 0.15) is 11.1 Å². The highest BCUT2D eigenvalue weighted by molar-refractivity contribution is 5.70. The van der Waals surface area contributed by atoms with E-state index in [9.17, 15) is 10.1 Å². The van der Waals surface area contributed by atoms with Crippen LogP contribution in [-0.2, 0) is 4.74 Å². The molecule has 0 radical (unpaired) electrons. The zero-order valence-corrected chi connectivity index (χ0v) is 11.5. The van der Waals surface area contributed by atoms with Crippen LogP contribution in [0.4, 0.5) is 4.79 Å². The van der Waals surface area contributed by atoms with Crippen molar-refractivity contribution in [3.8, 4) is 6.07 Å². The summed E-state index contributed by atoms with van der Waals surface area (Å²) in [6.45, 7) is 6.23. The van der Waals surface area contributed by atoms with E-state index in [4.69, 9.17) is 4.74 Å². The van der Waals surface area contributed by atoms with Gasteiger partial charge in [-0.25, -0.2) is 4.79 Å². The van der Waals surface area contributed by atoms with Gasteiger partial charge in [-0.15, -0.1) is 0 Å². The van der Waals surface area contributed by atoms with E-state index in [2.05, 4.69) is 6.07 Å². The molecule has 1 aliphatic heterocycles. The zero-order chi connectivity index (χ0) is 13.4. The van der Waals surface area contributed by atoms with E-state index in [1.165, 1.54) is 6.42 Å². The lowest BCUT2D eigenvalue weighted by Gasteiger charge is -2.43. The molecule has 2 aliphatic rings. The quantitative estimate of drug-likeness (QED) is 0.718. The molecule has 1 aliphatic carbocycles. The van der Waals surface area contributed by atoms with Crippen molar-refractivity contribution in [2.75, 3.05) is 6.54 Å². The van der Waals surface area contributed by atoms with Crippen molar-refractivity contribution in [2.24, 2.45) is 5.92 Å². The summed E-state index contributed by atoms with van der Waals surface area (Å²) in [4.78, 5) is 13.9. The summed E-state index contributed by atoms with van der Waals surface area (Å²) in [7, 11) is 0. The van der Waals surface area contributed by atoms with Gasteiger partial charge in [-0.3, -0.25) is 4.90 Å². The zero-order valence-electron chi connectivity index (χ0n) is 11.5. The van der Waals surface area contributed by atoms with Crippen LogP contribution in [0.1, 0.15) is 52.9 Å². The average Bonchev–Trinajstić information content (AvgIpc) is 2.57. The largest absolute Gasteiger partial charge is 0.444 e. The number of hydrogen-bond acceptors (Lipinski definition) is 3. The van der Waals surface area contributed by atoms with Crippen LogP contribution in [0.2, 0.25) is 0 Å². The number of hydrogen-bond donors (Lipinski definition) is 0. The smallest absolute Gasteiger partial charge is 0.411 e. The fourth-order valence-electron chi connectivity index (χ4n) is 2.93. The monoisotopic (exact) mass is 250 g/mol. The second-order valence-corrected chi connectivity index (χ2v) is 6.40. The predicted octanol–water partition coefficient (Wildman–Crippen LogP) is 3.08. The number of nitriles is 1. The van der Waals surface area contributed by atoms with Gasteiger partial charge in [-0.05, 0) is 52.4 Å². The van der Waals surface area contributed by atoms with Crippen molar-refractivity contribution in [2.45, 2.75) is 64.0 Å². The lowest BCUT2D eigenvalue weighted by atomic mass is 9.70. The van der Waals surface area contributed by atoms with Crippen LogP contribution in [0.5, 0.6) is 0 Å². The molecule has 1 heterocycles. The van der Waals surface area contributed by atoms with Gasteiger partial charge in [-0.2, -0.15) is 5.26 Å². The van der Waals surface area contributed by atoms with Crippen molar-refractivity contribution in [3.05, 3.63) is 0 Å². The van der Waals surface area contributed by atoms with Gasteiger partial charge in [-0.1, -0.05) is 6.42 Å². The molecule has 0 aromatic rings. The minimum Gasteiger partial charge on any atom is -0.444 e. The van der Waals surface area contributed by atoms with E-state index in [1.807, 2.05) is 20.8 Å². The Morgan fingerprint density at radius 2 is 2.06 bits per heavy atom. The van der Waals surface area contributed by atoms with Gasteiger partial charge in [0.05, 0.1) is 6.07 Å². The number of carbonyl (C=O) groups is 1. The molecule has 0 spiro atoms. The third-order valence-corrected chi connectivity index (χ3v) is 4.01. The molecule has 100 valence electrons. The average molecular weight is 250 g/mol. The standard InChI is InChI=1S/C14H22N2O2/c1-13(2,3)18-12(17)16-9-5-8-14(16,10-15)11-6-4-7-11/h11H,4-9H2,1-3H3. The molecule has 18 heavy (non-hydrogen) atoms. The molecule has 0 aromatic heterocycles. The number of nitrogens with zero attached hydrogens (tertiary/aromatic N) is 2. The highest BCUT2D eigenvalue weighted by atomic mass is 16.6. The second-order valence-electron chi connectivity index (χ2n) is 6.40. The van der Waals surface area contributed by atoms with E-state index in [1.54, 1.807) is 4.90 Å². The summed E-state index contributed by atoms with van der Waals surface area (Å²) < 4.78 is 5.43. The fraction of sp³-hybridized carbons (Fsp3) is 0.857. The van der Waals surface area contributed by atoms with Crippen molar-refractivity contribution in [1.82, 2.24) is 4.90 Å². The highest BCUT2D eigenvalue weighted by Crippen LogP contribution is 2.45. The molecule has 2 rings (SSSR count). The molecule has 1 atom stereocenters. The third kappa shape index (κ3) is 2.19. The number of amides is 1. The van der Waals surface area contributed by atoms with E-state index in [0.29, 0.717) is 12.5 Å². The molecule has 0 bridgehead atoms. The van der Waals surface area contributed by atoms with Crippen LogP contribution in [-0.4, -0.2) is 28.7 Å². The minimum absolute atomic E-state index is 0.326. The molecule has 2 fully saturated rings. The minimum atomic E-state index is -0.597. The van der Waals surface area contributed by atoms with Crippen LogP contribution in [0.15, 0.2) is 0 Å². The maximum Gasteiger partial charge on any atom is 0.411 e. The van der Waals surface area contributed by atoms with Gasteiger partial charge < -0.3 is 4.74 Å². The van der Waals surface area contributed by atoms with Crippen LogP contribution in [0, 0.1) is 17.2 Å². The number of ether oxygens (including phenoxy) is 1. The van der Waals surface area contributed by atoms with E-state index < -0.39 is 11.1 Å².